The van der Waals surface area contributed by atoms with Crippen LogP contribution in [0.2, 0.25) is 0 Å². The highest BCUT2D eigenvalue weighted by atomic mass is 33.1. The van der Waals surface area contributed by atoms with E-state index in [0.29, 0.717) is 32.4 Å². The van der Waals surface area contributed by atoms with Crippen molar-refractivity contribution in [3.63, 3.8) is 0 Å². The number of amides is 2. The molecule has 0 aromatic rings. The Bertz CT molecular complexity index is 231. The van der Waals surface area contributed by atoms with Gasteiger partial charge in [-0.15, -0.1) is 0 Å². The molecule has 8 heteroatoms. The second kappa shape index (κ2) is 14.7. The van der Waals surface area contributed by atoms with Gasteiger partial charge in [0.2, 0.25) is 11.8 Å². The van der Waals surface area contributed by atoms with Crippen molar-refractivity contribution in [2.75, 3.05) is 37.1 Å². The van der Waals surface area contributed by atoms with Crippen LogP contribution >= 0.6 is 43.2 Å². The molecule has 0 aliphatic rings. The van der Waals surface area contributed by atoms with Gasteiger partial charge in [0.25, 0.3) is 0 Å². The summed E-state index contributed by atoms with van der Waals surface area (Å²) < 4.78 is 0. The van der Waals surface area contributed by atoms with E-state index in [-0.39, 0.29) is 11.8 Å². The van der Waals surface area contributed by atoms with Crippen LogP contribution in [0.4, 0.5) is 0 Å². The number of carbonyl (C=O) groups excluding carboxylic acids is 2. The zero-order valence-electron chi connectivity index (χ0n) is 11.4. The normalized spacial score (nSPS) is 10.2. The van der Waals surface area contributed by atoms with E-state index in [1.54, 1.807) is 43.2 Å². The Morgan fingerprint density at radius 3 is 1.63 bits per heavy atom. The molecule has 0 saturated carbocycles. The van der Waals surface area contributed by atoms with Crippen molar-refractivity contribution in [3.05, 3.63) is 0 Å². The average Bonchev–Trinajstić information content (AvgIpc) is 2.40. The zero-order valence-corrected chi connectivity index (χ0v) is 14.7. The summed E-state index contributed by atoms with van der Waals surface area (Å²) in [7, 11) is 6.84. The van der Waals surface area contributed by atoms with E-state index in [2.05, 4.69) is 10.6 Å². The fourth-order valence-corrected chi connectivity index (χ4v) is 3.42. The van der Waals surface area contributed by atoms with Crippen LogP contribution in [0.5, 0.6) is 0 Å². The van der Waals surface area contributed by atoms with Crippen molar-refractivity contribution in [2.24, 2.45) is 0 Å². The predicted octanol–water partition coefficient (Wildman–Crippen LogP) is 2.41. The zero-order chi connectivity index (χ0) is 14.3. The third kappa shape index (κ3) is 14.6. The molecule has 0 saturated heterocycles. The van der Waals surface area contributed by atoms with E-state index >= 15 is 0 Å². The van der Waals surface area contributed by atoms with Crippen molar-refractivity contribution < 1.29 is 9.59 Å². The second-order valence-electron chi connectivity index (χ2n) is 3.53. The highest BCUT2D eigenvalue weighted by Crippen LogP contribution is 2.15. The summed E-state index contributed by atoms with van der Waals surface area (Å²) in [5, 5.41) is 5.68. The fraction of sp³-hybridized carbons (Fsp3) is 0.818. The Morgan fingerprint density at radius 2 is 1.26 bits per heavy atom. The van der Waals surface area contributed by atoms with Gasteiger partial charge in [0, 0.05) is 37.4 Å². The Balaban J connectivity index is 3.35. The molecule has 19 heavy (non-hydrogen) atoms. The molecule has 2 N–H and O–H groups in total. The minimum atomic E-state index is 0.0347. The highest BCUT2D eigenvalue weighted by Gasteiger charge is 2.04. The molecule has 4 nitrogen and oxygen atoms in total. The first-order valence-electron chi connectivity index (χ1n) is 6.05. The predicted molar refractivity (Wildman–Crippen MR) is 91.8 cm³/mol. The lowest BCUT2D eigenvalue weighted by molar-refractivity contribution is -0.122. The van der Waals surface area contributed by atoms with E-state index in [9.17, 15) is 9.59 Å². The van der Waals surface area contributed by atoms with Crippen LogP contribution in [0, 0.1) is 0 Å². The lowest BCUT2D eigenvalue weighted by Gasteiger charge is -2.05. The Hall–Kier alpha value is 0.340. The fourth-order valence-electron chi connectivity index (χ4n) is 1.22. The quantitative estimate of drug-likeness (QED) is 0.420. The number of hydrogen-bond acceptors (Lipinski definition) is 6. The first-order chi connectivity index (χ1) is 9.20. The maximum atomic E-state index is 11.4. The summed E-state index contributed by atoms with van der Waals surface area (Å²) in [6.07, 6.45) is 5.50. The van der Waals surface area contributed by atoms with Crippen LogP contribution in [0.3, 0.4) is 0 Å². The summed E-state index contributed by atoms with van der Waals surface area (Å²) in [6.45, 7) is 1.39. The van der Waals surface area contributed by atoms with Crippen molar-refractivity contribution >= 4 is 55.0 Å². The standard InChI is InChI=1S/C11H22N2O2S4/c1-16-18-8-6-12-10(14)4-3-5-11(15)13-7-9-19-17-2/h3-9H2,1-2H3,(H,12,14)(H,13,15). The van der Waals surface area contributed by atoms with Gasteiger partial charge in [-0.3, -0.25) is 9.59 Å². The first kappa shape index (κ1) is 19.3. The minimum Gasteiger partial charge on any atom is -0.355 e. The highest BCUT2D eigenvalue weighted by molar-refractivity contribution is 8.76. The third-order valence-electron chi connectivity index (χ3n) is 2.06. The van der Waals surface area contributed by atoms with E-state index < -0.39 is 0 Å². The largest absolute Gasteiger partial charge is 0.355 e. The van der Waals surface area contributed by atoms with E-state index in [0.717, 1.165) is 11.5 Å². The molecule has 0 heterocycles. The Morgan fingerprint density at radius 1 is 0.842 bits per heavy atom. The molecule has 0 aromatic heterocycles. The Labute approximate surface area is 131 Å². The molecule has 0 atom stereocenters. The van der Waals surface area contributed by atoms with E-state index in [1.165, 1.54) is 0 Å². The van der Waals surface area contributed by atoms with Gasteiger partial charge in [-0.25, -0.2) is 0 Å². The van der Waals surface area contributed by atoms with Crippen molar-refractivity contribution in [2.45, 2.75) is 19.3 Å². The third-order valence-corrected chi connectivity index (χ3v) is 5.69. The van der Waals surface area contributed by atoms with Crippen LogP contribution in [-0.2, 0) is 9.59 Å². The lowest BCUT2D eigenvalue weighted by Crippen LogP contribution is -2.27. The molecule has 112 valence electrons. The van der Waals surface area contributed by atoms with Gasteiger partial charge in [-0.2, -0.15) is 0 Å². The Kier molecular flexibility index (Phi) is 15.0. The van der Waals surface area contributed by atoms with Gasteiger partial charge < -0.3 is 10.6 Å². The summed E-state index contributed by atoms with van der Waals surface area (Å²) in [4.78, 5) is 22.8. The van der Waals surface area contributed by atoms with Crippen molar-refractivity contribution in [1.82, 2.24) is 10.6 Å². The molecule has 0 aliphatic heterocycles. The van der Waals surface area contributed by atoms with Crippen molar-refractivity contribution in [3.8, 4) is 0 Å². The van der Waals surface area contributed by atoms with Gasteiger partial charge in [0.05, 0.1) is 0 Å². The smallest absolute Gasteiger partial charge is 0.220 e. The van der Waals surface area contributed by atoms with Gasteiger partial charge >= 0.3 is 0 Å². The molecule has 0 spiro atoms. The lowest BCUT2D eigenvalue weighted by atomic mass is 10.2. The summed E-state index contributed by atoms with van der Waals surface area (Å²) >= 11 is 0. The summed E-state index contributed by atoms with van der Waals surface area (Å²) in [5.74, 6) is 1.90. The number of rotatable bonds is 12. The molecule has 0 rings (SSSR count). The van der Waals surface area contributed by atoms with Crippen LogP contribution < -0.4 is 10.6 Å². The molecule has 0 radical (unpaired) electrons. The topological polar surface area (TPSA) is 58.2 Å². The number of carbonyl (C=O) groups is 2. The molecule has 2 amide bonds. The summed E-state index contributed by atoms with van der Waals surface area (Å²) in [6, 6.07) is 0. The first-order valence-corrected chi connectivity index (χ1v) is 11.5. The minimum absolute atomic E-state index is 0.0347. The maximum Gasteiger partial charge on any atom is 0.220 e. The average molecular weight is 343 g/mol. The van der Waals surface area contributed by atoms with Crippen LogP contribution in [0.25, 0.3) is 0 Å². The van der Waals surface area contributed by atoms with Gasteiger partial charge in [-0.05, 0) is 18.9 Å². The molecular formula is C11H22N2O2S4. The number of nitrogens with one attached hydrogen (secondary N) is 2. The van der Waals surface area contributed by atoms with Gasteiger partial charge in [0.1, 0.15) is 0 Å². The van der Waals surface area contributed by atoms with Gasteiger partial charge in [0.15, 0.2) is 0 Å². The second-order valence-corrected chi connectivity index (χ2v) is 8.90. The monoisotopic (exact) mass is 342 g/mol. The molecular weight excluding hydrogens is 320 g/mol. The molecule has 0 fully saturated rings. The van der Waals surface area contributed by atoms with Gasteiger partial charge in [-0.1, -0.05) is 43.2 Å². The van der Waals surface area contributed by atoms with Crippen LogP contribution in [0.1, 0.15) is 19.3 Å². The van der Waals surface area contributed by atoms with Crippen LogP contribution in [-0.4, -0.2) is 48.9 Å². The van der Waals surface area contributed by atoms with Crippen LogP contribution in [0.15, 0.2) is 0 Å². The maximum absolute atomic E-state index is 11.4. The number of hydrogen-bond donors (Lipinski definition) is 2. The molecule has 0 aromatic carbocycles. The molecule has 0 bridgehead atoms. The van der Waals surface area contributed by atoms with E-state index in [1.807, 2.05) is 12.5 Å². The van der Waals surface area contributed by atoms with E-state index in [4.69, 9.17) is 0 Å². The molecule has 0 unspecified atom stereocenters. The summed E-state index contributed by atoms with van der Waals surface area (Å²) in [5.41, 5.74) is 0. The SMILES string of the molecule is CSSCCNC(=O)CCCC(=O)NCCSSC. The molecule has 0 aliphatic carbocycles. The van der Waals surface area contributed by atoms with Crippen molar-refractivity contribution in [1.29, 1.82) is 0 Å².